The number of hydrogen-bond acceptors (Lipinski definition) is 4. The fourth-order valence-corrected chi connectivity index (χ4v) is 5.23. The molecule has 1 atom stereocenters. The third kappa shape index (κ3) is 6.87. The molecule has 0 spiro atoms. The number of nitrogens with one attached hydrogen (secondary N) is 1. The number of phenols is 1. The number of methoxy groups -OCH3 is 1. The van der Waals surface area contributed by atoms with Crippen molar-refractivity contribution >= 4 is 5.69 Å². The molecule has 0 bridgehead atoms. The van der Waals surface area contributed by atoms with Crippen molar-refractivity contribution in [2.24, 2.45) is 0 Å². The highest BCUT2D eigenvalue weighted by atomic mass is 16.5. The summed E-state index contributed by atoms with van der Waals surface area (Å²) in [6.07, 6.45) is 5.30. The summed E-state index contributed by atoms with van der Waals surface area (Å²) >= 11 is 0. The van der Waals surface area contributed by atoms with Crippen LogP contribution in [-0.4, -0.2) is 38.5 Å². The van der Waals surface area contributed by atoms with Crippen molar-refractivity contribution in [1.82, 2.24) is 5.32 Å². The maximum atomic E-state index is 9.85. The second-order valence-electron chi connectivity index (χ2n) is 9.63. The molecule has 1 aliphatic carbocycles. The summed E-state index contributed by atoms with van der Waals surface area (Å²) in [6.45, 7) is 6.96. The normalized spacial score (nSPS) is 15.1. The highest BCUT2D eigenvalue weighted by Crippen LogP contribution is 2.38. The van der Waals surface area contributed by atoms with E-state index in [1.807, 2.05) is 12.1 Å². The summed E-state index contributed by atoms with van der Waals surface area (Å²) in [6, 6.07) is 23.9. The van der Waals surface area contributed by atoms with Crippen LogP contribution in [0.15, 0.2) is 66.7 Å². The molecule has 4 heteroatoms. The van der Waals surface area contributed by atoms with Gasteiger partial charge in [-0.05, 0) is 104 Å². The van der Waals surface area contributed by atoms with Crippen LogP contribution in [0.1, 0.15) is 53.5 Å². The fourth-order valence-electron chi connectivity index (χ4n) is 5.23. The molecule has 0 amide bonds. The van der Waals surface area contributed by atoms with Crippen molar-refractivity contribution in [1.29, 1.82) is 0 Å². The third-order valence-electron chi connectivity index (χ3n) is 7.21. The molecule has 4 nitrogen and oxygen atoms in total. The summed E-state index contributed by atoms with van der Waals surface area (Å²) in [5.74, 6) is 0.889. The minimum absolute atomic E-state index is 0.379. The number of aromatic hydroxyl groups is 1. The Hall–Kier alpha value is -2.82. The first-order chi connectivity index (χ1) is 17.2. The quantitative estimate of drug-likeness (QED) is 0.324. The van der Waals surface area contributed by atoms with Gasteiger partial charge in [0.05, 0.1) is 0 Å². The zero-order valence-corrected chi connectivity index (χ0v) is 21.3. The predicted octanol–water partition coefficient (Wildman–Crippen LogP) is 5.86. The number of aryl methyl sites for hydroxylation is 1. The molecule has 35 heavy (non-hydrogen) atoms. The van der Waals surface area contributed by atoms with Crippen LogP contribution in [0, 0.1) is 0 Å². The minimum atomic E-state index is 0.379. The maximum absolute atomic E-state index is 9.85. The van der Waals surface area contributed by atoms with Gasteiger partial charge in [-0.1, -0.05) is 48.5 Å². The lowest BCUT2D eigenvalue weighted by atomic mass is 9.79. The van der Waals surface area contributed by atoms with Gasteiger partial charge in [-0.25, -0.2) is 0 Å². The Morgan fingerprint density at radius 1 is 0.971 bits per heavy atom. The monoisotopic (exact) mass is 472 g/mol. The Labute approximate surface area is 211 Å². The molecular formula is C31H40N2O2. The van der Waals surface area contributed by atoms with Gasteiger partial charge >= 0.3 is 0 Å². The van der Waals surface area contributed by atoms with E-state index in [9.17, 15) is 5.11 Å². The zero-order chi connectivity index (χ0) is 24.5. The Kier molecular flexibility index (Phi) is 9.21. The molecule has 3 aromatic rings. The van der Waals surface area contributed by atoms with Crippen molar-refractivity contribution in [2.75, 3.05) is 38.3 Å². The summed E-state index contributed by atoms with van der Waals surface area (Å²) in [5.41, 5.74) is 8.21. The molecule has 0 aromatic heterocycles. The van der Waals surface area contributed by atoms with Gasteiger partial charge in [0.1, 0.15) is 5.75 Å². The molecule has 0 saturated heterocycles. The van der Waals surface area contributed by atoms with Gasteiger partial charge in [0.2, 0.25) is 0 Å². The molecule has 3 aromatic carbocycles. The van der Waals surface area contributed by atoms with E-state index in [2.05, 4.69) is 71.7 Å². The van der Waals surface area contributed by atoms with Gasteiger partial charge in [-0.2, -0.15) is 0 Å². The standard InChI is InChI=1S/C31H40N2O2/c1-3-33(23-25-11-9-24(10-12-25)17-19-32-18-6-20-35-2)31-8-5-4-7-30(31)28-14-13-27-22-29(34)16-15-26(27)21-28/h4-5,7-12,15-16,22,28,32,34H,3,6,13-14,17-21,23H2,1-2H3. The third-order valence-corrected chi connectivity index (χ3v) is 7.21. The number of para-hydroxylation sites is 1. The van der Waals surface area contributed by atoms with Gasteiger partial charge in [0.25, 0.3) is 0 Å². The van der Waals surface area contributed by atoms with Crippen molar-refractivity contribution in [2.45, 2.75) is 51.5 Å². The number of phenolic OH excluding ortho intramolecular Hbond substituents is 1. The lowest BCUT2D eigenvalue weighted by Crippen LogP contribution is -2.25. The fraction of sp³-hybridized carbons (Fsp3) is 0.419. The van der Waals surface area contributed by atoms with E-state index in [1.54, 1.807) is 7.11 Å². The van der Waals surface area contributed by atoms with E-state index < -0.39 is 0 Å². The number of nitrogens with zero attached hydrogens (tertiary/aromatic N) is 1. The van der Waals surface area contributed by atoms with Gasteiger partial charge < -0.3 is 20.1 Å². The number of hydrogen-bond donors (Lipinski definition) is 2. The molecule has 0 saturated carbocycles. The first-order valence-electron chi connectivity index (χ1n) is 13.1. The summed E-state index contributed by atoms with van der Waals surface area (Å²) in [4.78, 5) is 2.51. The van der Waals surface area contributed by atoms with E-state index in [1.165, 1.54) is 33.5 Å². The van der Waals surface area contributed by atoms with Crippen molar-refractivity contribution < 1.29 is 9.84 Å². The van der Waals surface area contributed by atoms with Crippen LogP contribution in [0.5, 0.6) is 5.75 Å². The molecular weight excluding hydrogens is 432 g/mol. The molecule has 2 N–H and O–H groups in total. The molecule has 186 valence electrons. The number of fused-ring (bicyclic) bond motifs is 1. The number of anilines is 1. The van der Waals surface area contributed by atoms with Crippen LogP contribution in [0.25, 0.3) is 0 Å². The molecule has 4 rings (SSSR count). The highest BCUT2D eigenvalue weighted by molar-refractivity contribution is 5.56. The van der Waals surface area contributed by atoms with E-state index in [-0.39, 0.29) is 0 Å². The van der Waals surface area contributed by atoms with Crippen LogP contribution in [-0.2, 0) is 30.5 Å². The van der Waals surface area contributed by atoms with E-state index in [4.69, 9.17) is 4.74 Å². The van der Waals surface area contributed by atoms with E-state index in [0.717, 1.165) is 64.9 Å². The summed E-state index contributed by atoms with van der Waals surface area (Å²) < 4.78 is 5.10. The SMILES string of the molecule is CCN(Cc1ccc(CCNCCCOC)cc1)c1ccccc1C1CCc2cc(O)ccc2C1. The first kappa shape index (κ1) is 25.3. The van der Waals surface area contributed by atoms with Crippen molar-refractivity contribution in [3.8, 4) is 5.75 Å². The van der Waals surface area contributed by atoms with E-state index in [0.29, 0.717) is 11.7 Å². The van der Waals surface area contributed by atoms with Gasteiger partial charge in [-0.15, -0.1) is 0 Å². The van der Waals surface area contributed by atoms with Crippen LogP contribution >= 0.6 is 0 Å². The second-order valence-corrected chi connectivity index (χ2v) is 9.63. The second kappa shape index (κ2) is 12.8. The molecule has 1 unspecified atom stereocenters. The molecule has 0 heterocycles. The average molecular weight is 473 g/mol. The van der Waals surface area contributed by atoms with Gasteiger partial charge in [0, 0.05) is 32.5 Å². The smallest absolute Gasteiger partial charge is 0.115 e. The highest BCUT2D eigenvalue weighted by Gasteiger charge is 2.24. The van der Waals surface area contributed by atoms with Crippen LogP contribution in [0.4, 0.5) is 5.69 Å². The Morgan fingerprint density at radius 2 is 1.77 bits per heavy atom. The van der Waals surface area contributed by atoms with Crippen LogP contribution in [0.2, 0.25) is 0 Å². The summed E-state index contributed by atoms with van der Waals surface area (Å²) in [5, 5.41) is 13.3. The lowest BCUT2D eigenvalue weighted by molar-refractivity contribution is 0.194. The number of ether oxygens (including phenoxy) is 1. The maximum Gasteiger partial charge on any atom is 0.115 e. The van der Waals surface area contributed by atoms with Crippen molar-refractivity contribution in [3.05, 3.63) is 94.5 Å². The van der Waals surface area contributed by atoms with Crippen LogP contribution < -0.4 is 10.2 Å². The lowest BCUT2D eigenvalue weighted by Gasteiger charge is -2.31. The molecule has 0 aliphatic heterocycles. The number of rotatable bonds is 12. The predicted molar refractivity (Wildman–Crippen MR) is 146 cm³/mol. The summed E-state index contributed by atoms with van der Waals surface area (Å²) in [7, 11) is 1.75. The van der Waals surface area contributed by atoms with Gasteiger partial charge in [0.15, 0.2) is 0 Å². The largest absolute Gasteiger partial charge is 0.508 e. The van der Waals surface area contributed by atoms with Crippen LogP contribution in [0.3, 0.4) is 0 Å². The average Bonchev–Trinajstić information content (AvgIpc) is 2.90. The molecule has 1 aliphatic rings. The minimum Gasteiger partial charge on any atom is -0.508 e. The van der Waals surface area contributed by atoms with Gasteiger partial charge in [-0.3, -0.25) is 0 Å². The molecule has 0 radical (unpaired) electrons. The Bertz CT molecular complexity index is 1060. The topological polar surface area (TPSA) is 44.7 Å². The Morgan fingerprint density at radius 3 is 2.57 bits per heavy atom. The van der Waals surface area contributed by atoms with Crippen molar-refractivity contribution in [3.63, 3.8) is 0 Å². The zero-order valence-electron chi connectivity index (χ0n) is 21.3. The first-order valence-corrected chi connectivity index (χ1v) is 13.1. The molecule has 0 fully saturated rings. The van der Waals surface area contributed by atoms with E-state index >= 15 is 0 Å². The number of benzene rings is 3. The Balaban J connectivity index is 1.39.